The zero-order valence-electron chi connectivity index (χ0n) is 9.77. The van der Waals surface area contributed by atoms with Crippen molar-refractivity contribution >= 4 is 17.2 Å². The van der Waals surface area contributed by atoms with Gasteiger partial charge in [0.05, 0.1) is 0 Å². The first kappa shape index (κ1) is 13.2. The van der Waals surface area contributed by atoms with Crippen LogP contribution in [0.1, 0.15) is 25.1 Å². The van der Waals surface area contributed by atoms with Crippen LogP contribution >= 0.6 is 11.3 Å². The predicted molar refractivity (Wildman–Crippen MR) is 66.8 cm³/mol. The van der Waals surface area contributed by atoms with Gasteiger partial charge in [-0.05, 0) is 24.9 Å². The van der Waals surface area contributed by atoms with Crippen LogP contribution < -0.4 is 11.3 Å². The van der Waals surface area contributed by atoms with Crippen LogP contribution in [0.25, 0.3) is 0 Å². The van der Waals surface area contributed by atoms with Crippen LogP contribution in [0.15, 0.2) is 17.5 Å². The SMILES string of the molecule is CCN(Cc1cccs1)C(C)CC(=O)NN. The van der Waals surface area contributed by atoms with Crippen molar-refractivity contribution in [2.75, 3.05) is 6.54 Å². The predicted octanol–water partition coefficient (Wildman–Crippen LogP) is 1.34. The van der Waals surface area contributed by atoms with Crippen molar-refractivity contribution in [1.29, 1.82) is 0 Å². The Morgan fingerprint density at radius 2 is 2.44 bits per heavy atom. The highest BCUT2D eigenvalue weighted by molar-refractivity contribution is 7.09. The van der Waals surface area contributed by atoms with E-state index in [1.165, 1.54) is 4.88 Å². The van der Waals surface area contributed by atoms with Gasteiger partial charge in [-0.25, -0.2) is 5.84 Å². The number of nitrogens with two attached hydrogens (primary N) is 1. The number of thiophene rings is 1. The van der Waals surface area contributed by atoms with Crippen LogP contribution in [-0.2, 0) is 11.3 Å². The number of carbonyl (C=O) groups excluding carboxylic acids is 1. The highest BCUT2D eigenvalue weighted by Crippen LogP contribution is 2.14. The lowest BCUT2D eigenvalue weighted by Crippen LogP contribution is -2.39. The van der Waals surface area contributed by atoms with Gasteiger partial charge in [0.1, 0.15) is 0 Å². The van der Waals surface area contributed by atoms with Crippen LogP contribution in [0.5, 0.6) is 0 Å². The van der Waals surface area contributed by atoms with Crippen LogP contribution in [0.4, 0.5) is 0 Å². The molecule has 0 bridgehead atoms. The van der Waals surface area contributed by atoms with Crippen LogP contribution in [0, 0.1) is 0 Å². The van der Waals surface area contributed by atoms with Gasteiger partial charge in [0.15, 0.2) is 0 Å². The second-order valence-corrected chi connectivity index (χ2v) is 4.80. The number of hydrogen-bond acceptors (Lipinski definition) is 4. The summed E-state index contributed by atoms with van der Waals surface area (Å²) in [5.74, 6) is 4.97. The molecule has 0 saturated heterocycles. The van der Waals surface area contributed by atoms with E-state index in [1.807, 2.05) is 13.0 Å². The van der Waals surface area contributed by atoms with Crippen LogP contribution in [-0.4, -0.2) is 23.4 Å². The van der Waals surface area contributed by atoms with Gasteiger partial charge in [-0.15, -0.1) is 11.3 Å². The molecular formula is C11H19N3OS. The van der Waals surface area contributed by atoms with Crippen molar-refractivity contribution in [1.82, 2.24) is 10.3 Å². The molecule has 0 aromatic carbocycles. The molecule has 0 aliphatic rings. The zero-order chi connectivity index (χ0) is 12.0. The fraction of sp³-hybridized carbons (Fsp3) is 0.545. The molecule has 0 saturated carbocycles. The molecule has 3 N–H and O–H groups in total. The molecule has 1 aromatic rings. The molecule has 1 amide bonds. The molecule has 1 aromatic heterocycles. The summed E-state index contributed by atoms with van der Waals surface area (Å²) in [6.45, 7) is 5.97. The van der Waals surface area contributed by atoms with Gasteiger partial charge in [-0.2, -0.15) is 0 Å². The van der Waals surface area contributed by atoms with Gasteiger partial charge in [0.25, 0.3) is 0 Å². The summed E-state index contributed by atoms with van der Waals surface area (Å²) >= 11 is 1.74. The third-order valence-electron chi connectivity index (χ3n) is 2.61. The molecule has 90 valence electrons. The lowest BCUT2D eigenvalue weighted by Gasteiger charge is -2.26. The molecule has 1 rings (SSSR count). The summed E-state index contributed by atoms with van der Waals surface area (Å²) in [5.41, 5.74) is 2.17. The van der Waals surface area contributed by atoms with Gasteiger partial charge >= 0.3 is 0 Å². The van der Waals surface area contributed by atoms with E-state index in [4.69, 9.17) is 5.84 Å². The number of nitrogens with one attached hydrogen (secondary N) is 1. The largest absolute Gasteiger partial charge is 0.295 e. The average molecular weight is 241 g/mol. The second kappa shape index (κ2) is 6.62. The first-order valence-corrected chi connectivity index (χ1v) is 6.31. The second-order valence-electron chi connectivity index (χ2n) is 3.76. The molecular weight excluding hydrogens is 222 g/mol. The van der Waals surface area contributed by atoms with Gasteiger partial charge in [0.2, 0.25) is 5.91 Å². The summed E-state index contributed by atoms with van der Waals surface area (Å²) in [6, 6.07) is 4.37. The quantitative estimate of drug-likeness (QED) is 0.449. The van der Waals surface area contributed by atoms with E-state index in [2.05, 4.69) is 28.7 Å². The Hall–Kier alpha value is -0.910. The molecule has 1 unspecified atom stereocenters. The molecule has 1 heterocycles. The first-order chi connectivity index (χ1) is 7.67. The van der Waals surface area contributed by atoms with Crippen molar-refractivity contribution in [3.05, 3.63) is 22.4 Å². The maximum Gasteiger partial charge on any atom is 0.235 e. The highest BCUT2D eigenvalue weighted by Gasteiger charge is 2.15. The average Bonchev–Trinajstić information content (AvgIpc) is 2.78. The van der Waals surface area contributed by atoms with E-state index in [1.54, 1.807) is 11.3 Å². The van der Waals surface area contributed by atoms with E-state index in [0.717, 1.165) is 13.1 Å². The number of amides is 1. The summed E-state index contributed by atoms with van der Waals surface area (Å²) in [5, 5.41) is 2.07. The van der Waals surface area contributed by atoms with Crippen molar-refractivity contribution < 1.29 is 4.79 Å². The Balaban J connectivity index is 2.50. The Morgan fingerprint density at radius 3 is 2.94 bits per heavy atom. The molecule has 0 aliphatic heterocycles. The van der Waals surface area contributed by atoms with E-state index >= 15 is 0 Å². The smallest absolute Gasteiger partial charge is 0.235 e. The summed E-state index contributed by atoms with van der Waals surface area (Å²) in [7, 11) is 0. The standard InChI is InChI=1S/C11H19N3OS/c1-3-14(8-10-5-4-6-16-10)9(2)7-11(15)13-12/h4-6,9H,3,7-8,12H2,1-2H3,(H,13,15). The summed E-state index contributed by atoms with van der Waals surface area (Å²) in [6.07, 6.45) is 0.440. The Kier molecular flexibility index (Phi) is 5.45. The maximum absolute atomic E-state index is 11.2. The number of hydrazine groups is 1. The number of nitrogens with zero attached hydrogens (tertiary/aromatic N) is 1. The summed E-state index contributed by atoms with van der Waals surface area (Å²) < 4.78 is 0. The lowest BCUT2D eigenvalue weighted by atomic mass is 10.2. The Bertz CT molecular complexity index is 313. The topological polar surface area (TPSA) is 58.4 Å². The molecule has 5 heteroatoms. The molecule has 0 radical (unpaired) electrons. The van der Waals surface area contributed by atoms with Crippen molar-refractivity contribution in [3.63, 3.8) is 0 Å². The highest BCUT2D eigenvalue weighted by atomic mass is 32.1. The van der Waals surface area contributed by atoms with E-state index in [9.17, 15) is 4.79 Å². The third kappa shape index (κ3) is 3.92. The minimum atomic E-state index is -0.114. The Morgan fingerprint density at radius 1 is 1.69 bits per heavy atom. The zero-order valence-corrected chi connectivity index (χ0v) is 10.6. The Labute approximate surface area is 100 Å². The van der Waals surface area contributed by atoms with Gasteiger partial charge in [0, 0.05) is 23.9 Å². The molecule has 4 nitrogen and oxygen atoms in total. The minimum Gasteiger partial charge on any atom is -0.295 e. The maximum atomic E-state index is 11.2. The third-order valence-corrected chi connectivity index (χ3v) is 3.47. The molecule has 1 atom stereocenters. The van der Waals surface area contributed by atoms with Gasteiger partial charge in [-0.1, -0.05) is 13.0 Å². The van der Waals surface area contributed by atoms with Crippen LogP contribution in [0.3, 0.4) is 0 Å². The fourth-order valence-electron chi connectivity index (χ4n) is 1.64. The van der Waals surface area contributed by atoms with E-state index < -0.39 is 0 Å². The van der Waals surface area contributed by atoms with Crippen molar-refractivity contribution in [2.24, 2.45) is 5.84 Å². The normalized spacial score (nSPS) is 12.8. The number of rotatable bonds is 6. The van der Waals surface area contributed by atoms with Gasteiger partial charge < -0.3 is 0 Å². The first-order valence-electron chi connectivity index (χ1n) is 5.43. The van der Waals surface area contributed by atoms with E-state index in [-0.39, 0.29) is 11.9 Å². The molecule has 0 aliphatic carbocycles. The van der Waals surface area contributed by atoms with Crippen molar-refractivity contribution in [2.45, 2.75) is 32.9 Å². The van der Waals surface area contributed by atoms with E-state index in [0.29, 0.717) is 6.42 Å². The minimum absolute atomic E-state index is 0.114. The van der Waals surface area contributed by atoms with Gasteiger partial charge in [-0.3, -0.25) is 15.1 Å². The molecule has 16 heavy (non-hydrogen) atoms. The molecule has 0 spiro atoms. The number of hydrogen-bond donors (Lipinski definition) is 2. The monoisotopic (exact) mass is 241 g/mol. The van der Waals surface area contributed by atoms with Crippen molar-refractivity contribution in [3.8, 4) is 0 Å². The summed E-state index contributed by atoms with van der Waals surface area (Å²) in [4.78, 5) is 14.8. The lowest BCUT2D eigenvalue weighted by molar-refractivity contribution is -0.122. The number of carbonyl (C=O) groups is 1. The fourth-order valence-corrected chi connectivity index (χ4v) is 2.37. The molecule has 0 fully saturated rings. The van der Waals surface area contributed by atoms with Crippen LogP contribution in [0.2, 0.25) is 0 Å².